The third-order valence-corrected chi connectivity index (χ3v) is 7.99. The molecule has 17 heteroatoms. The van der Waals surface area contributed by atoms with Gasteiger partial charge in [0.1, 0.15) is 24.2 Å². The summed E-state index contributed by atoms with van der Waals surface area (Å²) in [6.07, 6.45) is -5.21. The minimum Gasteiger partial charge on any atom is -0.479 e. The number of amides is 3. The predicted molar refractivity (Wildman–Crippen MR) is 159 cm³/mol. The van der Waals surface area contributed by atoms with E-state index in [1.165, 1.54) is 12.1 Å². The van der Waals surface area contributed by atoms with Crippen LogP contribution in [0.2, 0.25) is 0 Å². The number of aromatic nitrogens is 1. The van der Waals surface area contributed by atoms with E-state index in [0.717, 1.165) is 36.4 Å². The molecule has 1 aliphatic rings. The van der Waals surface area contributed by atoms with Crippen LogP contribution in [0.5, 0.6) is 5.75 Å². The molecule has 0 saturated carbocycles. The molecule has 9 nitrogen and oxygen atoms in total. The monoisotopic (exact) mass is 710 g/mol. The maximum absolute atomic E-state index is 14.2. The highest BCUT2D eigenvalue weighted by Crippen LogP contribution is 2.30. The molecule has 0 aliphatic carbocycles. The smallest absolute Gasteiger partial charge is 0.416 e. The Morgan fingerprint density at radius 2 is 1.56 bits per heavy atom. The van der Waals surface area contributed by atoms with Crippen molar-refractivity contribution >= 4 is 34.4 Å². The molecule has 5 rings (SSSR count). The molecule has 1 fully saturated rings. The van der Waals surface area contributed by atoms with Gasteiger partial charge in [-0.1, -0.05) is 12.1 Å². The van der Waals surface area contributed by atoms with E-state index in [0.29, 0.717) is 10.9 Å². The lowest BCUT2D eigenvalue weighted by Crippen LogP contribution is -2.53. The van der Waals surface area contributed by atoms with Gasteiger partial charge in [0.2, 0.25) is 23.4 Å². The minimum atomic E-state index is -4.66. The fourth-order valence-electron chi connectivity index (χ4n) is 5.36. The summed E-state index contributed by atoms with van der Waals surface area (Å²) in [5.41, 5.74) is -0.585. The molecular formula is C33H26F8N4O5. The van der Waals surface area contributed by atoms with Gasteiger partial charge in [0.05, 0.1) is 11.6 Å². The topological polar surface area (TPSA) is 129 Å². The Morgan fingerprint density at radius 3 is 2.18 bits per heavy atom. The Balaban J connectivity index is 1.40. The van der Waals surface area contributed by atoms with Crippen LogP contribution in [0.1, 0.15) is 34.5 Å². The van der Waals surface area contributed by atoms with Crippen molar-refractivity contribution < 1.29 is 59.0 Å². The quantitative estimate of drug-likeness (QED) is 0.123. The van der Waals surface area contributed by atoms with Crippen LogP contribution in [0.25, 0.3) is 10.9 Å². The Kier molecular flexibility index (Phi) is 10.4. The van der Waals surface area contributed by atoms with E-state index in [-0.39, 0.29) is 36.7 Å². The number of carbonyl (C=O) groups excluding carboxylic acids is 4. The number of H-pyrrole nitrogens is 1. The summed E-state index contributed by atoms with van der Waals surface area (Å²) >= 11 is 0. The lowest BCUT2D eigenvalue weighted by molar-refractivity contribution is -0.137. The zero-order valence-corrected chi connectivity index (χ0v) is 25.5. The summed E-state index contributed by atoms with van der Waals surface area (Å²) in [6, 6.07) is 5.32. The second-order valence-corrected chi connectivity index (χ2v) is 11.5. The van der Waals surface area contributed by atoms with Crippen LogP contribution in [0.3, 0.4) is 0 Å². The van der Waals surface area contributed by atoms with Gasteiger partial charge in [-0.25, -0.2) is 13.2 Å². The van der Waals surface area contributed by atoms with Crippen molar-refractivity contribution in [3.05, 3.63) is 101 Å². The molecule has 2 heterocycles. The van der Waals surface area contributed by atoms with Crippen molar-refractivity contribution in [2.75, 3.05) is 13.2 Å². The average molecular weight is 711 g/mol. The van der Waals surface area contributed by atoms with Crippen LogP contribution < -0.4 is 20.7 Å². The van der Waals surface area contributed by atoms with Crippen molar-refractivity contribution in [1.82, 2.24) is 20.9 Å². The van der Waals surface area contributed by atoms with Crippen LogP contribution in [-0.4, -0.2) is 53.7 Å². The van der Waals surface area contributed by atoms with Gasteiger partial charge >= 0.3 is 6.18 Å². The van der Waals surface area contributed by atoms with Gasteiger partial charge in [0.25, 0.3) is 5.91 Å². The molecule has 2 unspecified atom stereocenters. The summed E-state index contributed by atoms with van der Waals surface area (Å²) in [6.45, 7) is -0.994. The lowest BCUT2D eigenvalue weighted by atomic mass is 9.95. The fraction of sp³-hybridized carbons (Fsp3) is 0.273. The number of halogens is 8. The summed E-state index contributed by atoms with van der Waals surface area (Å²) in [4.78, 5) is 55.4. The van der Waals surface area contributed by atoms with Gasteiger partial charge in [0.15, 0.2) is 23.2 Å². The van der Waals surface area contributed by atoms with E-state index in [1.807, 2.05) is 0 Å². The largest absolute Gasteiger partial charge is 0.479 e. The van der Waals surface area contributed by atoms with Gasteiger partial charge in [-0.05, 0) is 54.8 Å². The van der Waals surface area contributed by atoms with Gasteiger partial charge in [-0.2, -0.15) is 22.0 Å². The van der Waals surface area contributed by atoms with E-state index in [4.69, 9.17) is 4.74 Å². The van der Waals surface area contributed by atoms with Crippen LogP contribution in [0, 0.1) is 35.0 Å². The molecule has 3 atom stereocenters. The van der Waals surface area contributed by atoms with Gasteiger partial charge < -0.3 is 25.7 Å². The Labute approximate surface area is 277 Å². The molecule has 1 aromatic heterocycles. The zero-order chi connectivity index (χ0) is 36.3. The zero-order valence-electron chi connectivity index (χ0n) is 25.5. The molecule has 1 aliphatic heterocycles. The average Bonchev–Trinajstić information content (AvgIpc) is 3.68. The number of hydrogen-bond donors (Lipinski definition) is 4. The molecule has 1 saturated heterocycles. The highest BCUT2D eigenvalue weighted by atomic mass is 19.4. The molecule has 4 aromatic rings. The first-order valence-corrected chi connectivity index (χ1v) is 14.9. The molecule has 0 bridgehead atoms. The molecular weight excluding hydrogens is 684 g/mol. The first-order valence-electron chi connectivity index (χ1n) is 14.9. The first-order chi connectivity index (χ1) is 23.6. The van der Waals surface area contributed by atoms with Gasteiger partial charge in [-0.3, -0.25) is 19.2 Å². The second-order valence-electron chi connectivity index (χ2n) is 11.5. The van der Waals surface area contributed by atoms with E-state index < -0.39 is 101 Å². The Hall–Kier alpha value is -5.48. The number of fused-ring (bicyclic) bond motifs is 1. The van der Waals surface area contributed by atoms with Crippen LogP contribution >= 0.6 is 0 Å². The number of Topliss-reactive ketones (excluding diaryl/α,β-unsaturated/α-hetero) is 1. The van der Waals surface area contributed by atoms with Crippen molar-refractivity contribution in [2.45, 2.75) is 37.5 Å². The molecule has 4 N–H and O–H groups in total. The number of rotatable bonds is 12. The normalized spacial score (nSPS) is 15.8. The van der Waals surface area contributed by atoms with Crippen molar-refractivity contribution in [3.63, 3.8) is 0 Å². The highest BCUT2D eigenvalue weighted by Gasteiger charge is 2.35. The minimum absolute atomic E-state index is 0.0692. The van der Waals surface area contributed by atoms with E-state index >= 15 is 0 Å². The number of aromatic amines is 1. The maximum Gasteiger partial charge on any atom is 0.416 e. The second kappa shape index (κ2) is 14.6. The maximum atomic E-state index is 14.2. The Morgan fingerprint density at radius 1 is 0.880 bits per heavy atom. The van der Waals surface area contributed by atoms with Crippen molar-refractivity contribution in [1.29, 1.82) is 0 Å². The van der Waals surface area contributed by atoms with Crippen molar-refractivity contribution in [3.8, 4) is 5.75 Å². The summed E-state index contributed by atoms with van der Waals surface area (Å²) < 4.78 is 114. The fourth-order valence-corrected chi connectivity index (χ4v) is 5.36. The SMILES string of the molecule is O=C(NC(Cc1ccc(C(F)(F)F)cc1)C(=O)NC(C[C@@H]1CCNC1=O)C(=O)COc1c(F)c(F)cc(F)c1F)c1cc2cc(F)ccc2[nH]1. The number of carbonyl (C=O) groups is 4. The van der Waals surface area contributed by atoms with E-state index in [2.05, 4.69) is 20.9 Å². The third kappa shape index (κ3) is 8.20. The number of benzene rings is 3. The van der Waals surface area contributed by atoms with Gasteiger partial charge in [0, 0.05) is 35.9 Å². The van der Waals surface area contributed by atoms with Crippen LogP contribution in [-0.2, 0) is 27.0 Å². The molecule has 50 heavy (non-hydrogen) atoms. The summed E-state index contributed by atoms with van der Waals surface area (Å²) in [5, 5.41) is 7.64. The molecule has 264 valence electrons. The number of alkyl halides is 3. The Bertz CT molecular complexity index is 1920. The van der Waals surface area contributed by atoms with E-state index in [9.17, 15) is 54.3 Å². The van der Waals surface area contributed by atoms with E-state index in [1.54, 1.807) is 0 Å². The number of ether oxygens (including phenoxy) is 1. The molecule has 0 spiro atoms. The molecule has 0 radical (unpaired) electrons. The molecule has 3 aromatic carbocycles. The third-order valence-electron chi connectivity index (χ3n) is 7.99. The van der Waals surface area contributed by atoms with Crippen molar-refractivity contribution in [2.24, 2.45) is 5.92 Å². The first kappa shape index (κ1) is 35.8. The number of nitrogens with one attached hydrogen (secondary N) is 4. The van der Waals surface area contributed by atoms with Crippen LogP contribution in [0.15, 0.2) is 54.6 Å². The summed E-state index contributed by atoms with van der Waals surface area (Å²) in [7, 11) is 0. The number of hydrogen-bond acceptors (Lipinski definition) is 5. The van der Waals surface area contributed by atoms with Gasteiger partial charge in [-0.15, -0.1) is 0 Å². The lowest BCUT2D eigenvalue weighted by Gasteiger charge is -2.24. The number of ketones is 1. The summed E-state index contributed by atoms with van der Waals surface area (Å²) in [5.74, 6) is -13.9. The predicted octanol–water partition coefficient (Wildman–Crippen LogP) is 4.88. The van der Waals surface area contributed by atoms with Crippen LogP contribution in [0.4, 0.5) is 35.1 Å². The standard InChI is InChI=1S/C33H26F8N4O5/c34-19-5-6-22-17(10-19)12-25(43-22)32(49)45-24(9-15-1-3-18(4-2-15)33(39,40)41)31(48)44-23(11-16-7-8-42-30(16)47)26(46)14-50-29-27(37)20(35)13-21(36)28(29)38/h1-6,10,12-13,16,23-24,43H,7-9,11,14H2,(H,42,47)(H,44,48)(H,45,49)/t16-,23?,24?/m0/s1. The molecule has 3 amide bonds. The highest BCUT2D eigenvalue weighted by molar-refractivity contribution is 6.01.